The smallest absolute Gasteiger partial charge is 0.438 e. The van der Waals surface area contributed by atoms with Crippen LogP contribution in [-0.4, -0.2) is 17.3 Å². The molecule has 8 heteroatoms. The second kappa shape index (κ2) is 6.72. The number of aryl methyl sites for hydroxylation is 1. The van der Waals surface area contributed by atoms with Crippen molar-refractivity contribution in [1.29, 1.82) is 0 Å². The molecule has 0 N–H and O–H groups in total. The van der Waals surface area contributed by atoms with Crippen molar-refractivity contribution in [2.75, 3.05) is 6.61 Å². The maximum Gasteiger partial charge on any atom is 0.438 e. The van der Waals surface area contributed by atoms with E-state index in [1.54, 1.807) is 6.92 Å². The minimum Gasteiger partial charge on any atom is -0.448 e. The lowest BCUT2D eigenvalue weighted by Gasteiger charge is -2.08. The van der Waals surface area contributed by atoms with E-state index in [0.29, 0.717) is 12.2 Å². The van der Waals surface area contributed by atoms with Gasteiger partial charge < -0.3 is 9.15 Å². The van der Waals surface area contributed by atoms with Crippen LogP contribution in [0.1, 0.15) is 25.2 Å². The van der Waals surface area contributed by atoms with Crippen molar-refractivity contribution in [2.45, 2.75) is 26.4 Å². The molecule has 0 aliphatic heterocycles. The summed E-state index contributed by atoms with van der Waals surface area (Å²) >= 11 is 0. The zero-order valence-corrected chi connectivity index (χ0v) is 12.6. The molecule has 1 aromatic heterocycles. The van der Waals surface area contributed by atoms with E-state index in [-0.39, 0.29) is 18.0 Å². The summed E-state index contributed by atoms with van der Waals surface area (Å²) in [6.45, 7) is 3.56. The molecule has 1 heterocycles. The molecule has 0 atom stereocenters. The molecule has 5 nitrogen and oxygen atoms in total. The first-order chi connectivity index (χ1) is 10.8. The van der Waals surface area contributed by atoms with Crippen LogP contribution in [0.15, 0.2) is 39.9 Å². The number of rotatable bonds is 3. The summed E-state index contributed by atoms with van der Waals surface area (Å²) in [5.74, 6) is 0.477. The van der Waals surface area contributed by atoms with Crippen LogP contribution in [0.2, 0.25) is 0 Å². The Labute approximate surface area is 130 Å². The third kappa shape index (κ3) is 4.02. The molecule has 0 unspecified atom stereocenters. The Morgan fingerprint density at radius 1 is 1.35 bits per heavy atom. The third-order valence-corrected chi connectivity index (χ3v) is 2.96. The highest BCUT2D eigenvalue weighted by atomic mass is 19.4. The number of nitrogens with zero attached hydrogens (tertiary/aromatic N) is 2. The van der Waals surface area contributed by atoms with Crippen molar-refractivity contribution in [3.8, 4) is 5.69 Å². The summed E-state index contributed by atoms with van der Waals surface area (Å²) in [5, 5.41) is 0. The second-order valence-electron chi connectivity index (χ2n) is 4.56. The summed E-state index contributed by atoms with van der Waals surface area (Å²) < 4.78 is 49.9. The Bertz CT molecular complexity index is 760. The molecule has 124 valence electrons. The average Bonchev–Trinajstić information content (AvgIpc) is 2.89. The van der Waals surface area contributed by atoms with Crippen molar-refractivity contribution in [3.05, 3.63) is 47.5 Å². The normalized spacial score (nSPS) is 12.5. The first-order valence-electron chi connectivity index (χ1n) is 6.95. The standard InChI is InChI=1S/C15H15F3N2O3/c1-3-12-9-20(13(23-12)19-14(21)22-4-2)11-7-5-6-10(8-11)15(16,17)18/h5-9H,3-4H2,1-2H3/b19-13+. The van der Waals surface area contributed by atoms with Crippen LogP contribution in [0.25, 0.3) is 5.69 Å². The predicted octanol–water partition coefficient (Wildman–Crippen LogP) is 3.71. The Morgan fingerprint density at radius 2 is 2.09 bits per heavy atom. The van der Waals surface area contributed by atoms with E-state index >= 15 is 0 Å². The monoisotopic (exact) mass is 328 g/mol. The fourth-order valence-corrected chi connectivity index (χ4v) is 1.88. The molecule has 1 amide bonds. The SMILES string of the molecule is CCOC(=O)/N=c1/oc(CC)cn1-c1cccc(C(F)(F)F)c1. The summed E-state index contributed by atoms with van der Waals surface area (Å²) in [7, 11) is 0. The maximum atomic E-state index is 12.8. The van der Waals surface area contributed by atoms with Gasteiger partial charge in [-0.25, -0.2) is 4.79 Å². The molecule has 0 fully saturated rings. The van der Waals surface area contributed by atoms with E-state index < -0.39 is 17.8 Å². The fourth-order valence-electron chi connectivity index (χ4n) is 1.88. The Kier molecular flexibility index (Phi) is 4.92. The van der Waals surface area contributed by atoms with Crippen LogP contribution in [0, 0.1) is 0 Å². The average molecular weight is 328 g/mol. The Morgan fingerprint density at radius 3 is 2.70 bits per heavy atom. The highest BCUT2D eigenvalue weighted by Gasteiger charge is 2.30. The first kappa shape index (κ1) is 16.9. The largest absolute Gasteiger partial charge is 0.448 e. The number of benzene rings is 1. The number of carbonyl (C=O) groups excluding carboxylic acids is 1. The van der Waals surface area contributed by atoms with Crippen LogP contribution in [0.4, 0.5) is 18.0 Å². The van der Waals surface area contributed by atoms with Gasteiger partial charge in [0, 0.05) is 6.42 Å². The van der Waals surface area contributed by atoms with Gasteiger partial charge in [0.15, 0.2) is 0 Å². The predicted molar refractivity (Wildman–Crippen MR) is 75.0 cm³/mol. The number of carbonyl (C=O) groups is 1. The van der Waals surface area contributed by atoms with E-state index in [4.69, 9.17) is 9.15 Å². The van der Waals surface area contributed by atoms with Crippen molar-refractivity contribution in [1.82, 2.24) is 4.57 Å². The first-order valence-corrected chi connectivity index (χ1v) is 6.95. The fraction of sp³-hybridized carbons (Fsp3) is 0.333. The van der Waals surface area contributed by atoms with Crippen molar-refractivity contribution in [2.24, 2.45) is 4.99 Å². The van der Waals surface area contributed by atoms with E-state index in [1.807, 2.05) is 6.92 Å². The number of halogens is 3. The van der Waals surface area contributed by atoms with E-state index in [2.05, 4.69) is 4.99 Å². The maximum absolute atomic E-state index is 12.8. The summed E-state index contributed by atoms with van der Waals surface area (Å²) in [6, 6.07) is 4.67. The molecule has 0 spiro atoms. The number of hydrogen-bond donors (Lipinski definition) is 0. The van der Waals surface area contributed by atoms with Gasteiger partial charge in [0.2, 0.25) is 0 Å². The topological polar surface area (TPSA) is 56.7 Å². The molecule has 2 rings (SSSR count). The van der Waals surface area contributed by atoms with Crippen LogP contribution < -0.4 is 5.68 Å². The molecule has 0 saturated carbocycles. The van der Waals surface area contributed by atoms with Crippen molar-refractivity contribution in [3.63, 3.8) is 0 Å². The molecular weight excluding hydrogens is 313 g/mol. The van der Waals surface area contributed by atoms with Gasteiger partial charge in [-0.3, -0.25) is 4.57 Å². The van der Waals surface area contributed by atoms with E-state index in [1.165, 1.54) is 22.9 Å². The summed E-state index contributed by atoms with van der Waals surface area (Å²) in [4.78, 5) is 15.1. The van der Waals surface area contributed by atoms with Gasteiger partial charge in [-0.2, -0.15) is 13.2 Å². The highest BCUT2D eigenvalue weighted by molar-refractivity contribution is 5.67. The lowest BCUT2D eigenvalue weighted by Crippen LogP contribution is -2.17. The summed E-state index contributed by atoms with van der Waals surface area (Å²) in [6.07, 6.45) is -3.35. The zero-order valence-electron chi connectivity index (χ0n) is 12.6. The molecule has 0 aliphatic rings. The third-order valence-electron chi connectivity index (χ3n) is 2.96. The molecule has 0 aliphatic carbocycles. The number of ether oxygens (including phenoxy) is 1. The minimum absolute atomic E-state index is 0.132. The molecule has 0 bridgehead atoms. The van der Waals surface area contributed by atoms with Gasteiger partial charge in [0.05, 0.1) is 24.1 Å². The minimum atomic E-state index is -4.47. The van der Waals surface area contributed by atoms with Crippen LogP contribution in [0.5, 0.6) is 0 Å². The number of alkyl halides is 3. The number of oxazole rings is 1. The van der Waals surface area contributed by atoms with Crippen LogP contribution >= 0.6 is 0 Å². The zero-order chi connectivity index (χ0) is 17.0. The lowest BCUT2D eigenvalue weighted by atomic mass is 10.2. The highest BCUT2D eigenvalue weighted by Crippen LogP contribution is 2.30. The molecule has 1 aromatic carbocycles. The van der Waals surface area contributed by atoms with E-state index in [0.717, 1.165) is 12.1 Å². The quantitative estimate of drug-likeness (QED) is 0.863. The number of amides is 1. The second-order valence-corrected chi connectivity index (χ2v) is 4.56. The Balaban J connectivity index is 2.55. The van der Waals surface area contributed by atoms with Gasteiger partial charge in [-0.15, -0.1) is 4.99 Å². The van der Waals surface area contributed by atoms with Gasteiger partial charge in [0.1, 0.15) is 5.76 Å². The lowest BCUT2D eigenvalue weighted by molar-refractivity contribution is -0.137. The van der Waals surface area contributed by atoms with Gasteiger partial charge >= 0.3 is 18.0 Å². The summed E-state index contributed by atoms with van der Waals surface area (Å²) in [5.41, 5.74) is -0.755. The van der Waals surface area contributed by atoms with Gasteiger partial charge in [-0.05, 0) is 25.1 Å². The van der Waals surface area contributed by atoms with Gasteiger partial charge in [-0.1, -0.05) is 13.0 Å². The van der Waals surface area contributed by atoms with Gasteiger partial charge in [0.25, 0.3) is 0 Å². The van der Waals surface area contributed by atoms with Crippen molar-refractivity contribution < 1.29 is 27.1 Å². The van der Waals surface area contributed by atoms with E-state index in [9.17, 15) is 18.0 Å². The van der Waals surface area contributed by atoms with Crippen molar-refractivity contribution >= 4 is 6.09 Å². The van der Waals surface area contributed by atoms with Crippen LogP contribution in [-0.2, 0) is 17.3 Å². The molecular formula is C15H15F3N2O3. The molecule has 2 aromatic rings. The number of hydrogen-bond acceptors (Lipinski definition) is 3. The molecule has 23 heavy (non-hydrogen) atoms. The van der Waals surface area contributed by atoms with Crippen LogP contribution in [0.3, 0.4) is 0 Å². The Hall–Kier alpha value is -2.51. The molecule has 0 radical (unpaired) electrons. The number of aromatic nitrogens is 1. The molecule has 0 saturated heterocycles.